The van der Waals surface area contributed by atoms with Crippen LogP contribution in [0.3, 0.4) is 0 Å². The summed E-state index contributed by atoms with van der Waals surface area (Å²) in [6.07, 6.45) is 1.77. The molecule has 0 unspecified atom stereocenters. The molecule has 0 aliphatic carbocycles. The average molecular weight is 383 g/mol. The lowest BCUT2D eigenvalue weighted by Gasteiger charge is -2.03. The Morgan fingerprint density at radius 2 is 2.08 bits per heavy atom. The SMILES string of the molecule is [C-]#[N+]c1cccc(Cn2ccc(-c3cc(Br)ccc3[N+](=O)[O-])n2)c1. The van der Waals surface area contributed by atoms with Crippen molar-refractivity contribution in [2.24, 2.45) is 0 Å². The summed E-state index contributed by atoms with van der Waals surface area (Å²) in [7, 11) is 0. The fourth-order valence-corrected chi connectivity index (χ4v) is 2.74. The summed E-state index contributed by atoms with van der Waals surface area (Å²) in [6, 6.07) is 13.8. The molecule has 0 N–H and O–H groups in total. The molecule has 0 aliphatic rings. The molecule has 118 valence electrons. The second-order valence-corrected chi connectivity index (χ2v) is 6.01. The van der Waals surface area contributed by atoms with Crippen LogP contribution >= 0.6 is 15.9 Å². The summed E-state index contributed by atoms with van der Waals surface area (Å²) in [5.74, 6) is 0. The van der Waals surface area contributed by atoms with E-state index in [1.807, 2.05) is 12.1 Å². The van der Waals surface area contributed by atoms with Gasteiger partial charge in [-0.25, -0.2) is 4.85 Å². The number of nitrogens with zero attached hydrogens (tertiary/aromatic N) is 4. The van der Waals surface area contributed by atoms with E-state index in [1.54, 1.807) is 41.2 Å². The summed E-state index contributed by atoms with van der Waals surface area (Å²) in [4.78, 5) is 14.2. The van der Waals surface area contributed by atoms with Crippen molar-refractivity contribution >= 4 is 27.3 Å². The van der Waals surface area contributed by atoms with Crippen LogP contribution in [0.5, 0.6) is 0 Å². The van der Waals surface area contributed by atoms with Crippen LogP contribution in [0.2, 0.25) is 0 Å². The second kappa shape index (κ2) is 6.64. The highest BCUT2D eigenvalue weighted by Gasteiger charge is 2.17. The fraction of sp³-hybridized carbons (Fsp3) is 0.0588. The van der Waals surface area contributed by atoms with E-state index in [-0.39, 0.29) is 5.69 Å². The Bertz CT molecular complexity index is 959. The van der Waals surface area contributed by atoms with E-state index < -0.39 is 4.92 Å². The highest BCUT2D eigenvalue weighted by molar-refractivity contribution is 9.10. The molecule has 6 nitrogen and oxygen atoms in total. The Morgan fingerprint density at radius 3 is 2.83 bits per heavy atom. The number of nitro groups is 1. The van der Waals surface area contributed by atoms with Crippen molar-refractivity contribution in [1.82, 2.24) is 9.78 Å². The van der Waals surface area contributed by atoms with E-state index >= 15 is 0 Å². The van der Waals surface area contributed by atoms with Crippen molar-refractivity contribution in [3.63, 3.8) is 0 Å². The molecule has 0 fully saturated rings. The van der Waals surface area contributed by atoms with Crippen LogP contribution in [0.25, 0.3) is 16.1 Å². The Labute approximate surface area is 146 Å². The van der Waals surface area contributed by atoms with E-state index in [4.69, 9.17) is 6.57 Å². The van der Waals surface area contributed by atoms with Crippen LogP contribution in [-0.4, -0.2) is 14.7 Å². The second-order valence-electron chi connectivity index (χ2n) is 5.10. The van der Waals surface area contributed by atoms with Crippen LogP contribution in [0, 0.1) is 16.7 Å². The van der Waals surface area contributed by atoms with Gasteiger partial charge in [-0.2, -0.15) is 5.10 Å². The first kappa shape index (κ1) is 15.9. The van der Waals surface area contributed by atoms with Gasteiger partial charge in [0.1, 0.15) is 0 Å². The summed E-state index contributed by atoms with van der Waals surface area (Å²) in [5.41, 5.74) is 2.52. The van der Waals surface area contributed by atoms with Crippen molar-refractivity contribution in [2.75, 3.05) is 0 Å². The molecule has 1 heterocycles. The molecule has 0 spiro atoms. The maximum atomic E-state index is 11.2. The number of rotatable bonds is 4. The van der Waals surface area contributed by atoms with Gasteiger partial charge in [0.2, 0.25) is 0 Å². The van der Waals surface area contributed by atoms with Gasteiger partial charge < -0.3 is 0 Å². The molecule has 0 atom stereocenters. The Balaban J connectivity index is 1.93. The zero-order chi connectivity index (χ0) is 17.1. The fourth-order valence-electron chi connectivity index (χ4n) is 2.38. The van der Waals surface area contributed by atoms with Crippen molar-refractivity contribution in [3.05, 3.63) is 86.3 Å². The molecule has 0 bridgehead atoms. The molecule has 0 amide bonds. The predicted molar refractivity (Wildman–Crippen MR) is 93.8 cm³/mol. The summed E-state index contributed by atoms with van der Waals surface area (Å²) in [6.45, 7) is 7.55. The third-order valence-corrected chi connectivity index (χ3v) is 3.95. The maximum absolute atomic E-state index is 11.2. The number of hydrogen-bond acceptors (Lipinski definition) is 3. The molecular formula is C17H11BrN4O2. The third kappa shape index (κ3) is 3.34. The quantitative estimate of drug-likeness (QED) is 0.369. The normalized spacial score (nSPS) is 10.3. The van der Waals surface area contributed by atoms with E-state index in [9.17, 15) is 10.1 Å². The minimum atomic E-state index is -0.417. The van der Waals surface area contributed by atoms with Crippen molar-refractivity contribution in [3.8, 4) is 11.3 Å². The van der Waals surface area contributed by atoms with Crippen LogP contribution < -0.4 is 0 Å². The number of hydrogen-bond donors (Lipinski definition) is 0. The summed E-state index contributed by atoms with van der Waals surface area (Å²) >= 11 is 3.33. The van der Waals surface area contributed by atoms with Gasteiger partial charge in [-0.1, -0.05) is 40.2 Å². The van der Waals surface area contributed by atoms with Crippen molar-refractivity contribution in [2.45, 2.75) is 6.54 Å². The first-order chi connectivity index (χ1) is 11.6. The molecular weight excluding hydrogens is 372 g/mol. The van der Waals surface area contributed by atoms with E-state index in [1.165, 1.54) is 6.07 Å². The molecule has 0 aliphatic heterocycles. The molecule has 3 rings (SSSR count). The third-order valence-electron chi connectivity index (χ3n) is 3.46. The number of benzene rings is 2. The number of halogens is 1. The van der Waals surface area contributed by atoms with Gasteiger partial charge in [0.05, 0.1) is 29.3 Å². The summed E-state index contributed by atoms with van der Waals surface area (Å²) in [5, 5.41) is 15.6. The predicted octanol–water partition coefficient (Wildman–Crippen LogP) is 4.82. The maximum Gasteiger partial charge on any atom is 0.278 e. The molecule has 0 radical (unpaired) electrons. The molecule has 3 aromatic rings. The highest BCUT2D eigenvalue weighted by atomic mass is 79.9. The van der Waals surface area contributed by atoms with Gasteiger partial charge in [0.25, 0.3) is 5.69 Å². The monoisotopic (exact) mass is 382 g/mol. The smallest absolute Gasteiger partial charge is 0.268 e. The molecule has 0 saturated heterocycles. The van der Waals surface area contributed by atoms with Crippen LogP contribution in [0.1, 0.15) is 5.56 Å². The van der Waals surface area contributed by atoms with Crippen molar-refractivity contribution in [1.29, 1.82) is 0 Å². The molecule has 0 saturated carbocycles. The number of nitro benzene ring substituents is 1. The van der Waals surface area contributed by atoms with Crippen LogP contribution in [0.4, 0.5) is 11.4 Å². The minimum absolute atomic E-state index is 0.0125. The number of aromatic nitrogens is 2. The van der Waals surface area contributed by atoms with Gasteiger partial charge in [0.15, 0.2) is 5.69 Å². The average Bonchev–Trinajstić information content (AvgIpc) is 3.03. The zero-order valence-electron chi connectivity index (χ0n) is 12.4. The largest absolute Gasteiger partial charge is 0.278 e. The van der Waals surface area contributed by atoms with Crippen LogP contribution in [0.15, 0.2) is 59.2 Å². The lowest BCUT2D eigenvalue weighted by atomic mass is 10.1. The zero-order valence-corrected chi connectivity index (χ0v) is 14.0. The lowest BCUT2D eigenvalue weighted by Crippen LogP contribution is -2.00. The Morgan fingerprint density at radius 1 is 1.25 bits per heavy atom. The molecule has 2 aromatic carbocycles. The van der Waals surface area contributed by atoms with Gasteiger partial charge in [-0.05, 0) is 23.8 Å². The van der Waals surface area contributed by atoms with Crippen LogP contribution in [-0.2, 0) is 6.54 Å². The molecule has 24 heavy (non-hydrogen) atoms. The van der Waals surface area contributed by atoms with Gasteiger partial charge in [-0.3, -0.25) is 14.8 Å². The highest BCUT2D eigenvalue weighted by Crippen LogP contribution is 2.31. The molecule has 1 aromatic heterocycles. The first-order valence-electron chi connectivity index (χ1n) is 7.01. The first-order valence-corrected chi connectivity index (χ1v) is 7.80. The van der Waals surface area contributed by atoms with E-state index in [2.05, 4.69) is 25.9 Å². The van der Waals surface area contributed by atoms with Crippen molar-refractivity contribution < 1.29 is 4.92 Å². The standard InChI is InChI=1S/C17H11BrN4O2/c1-19-14-4-2-3-12(9-14)11-21-8-7-16(20-21)15-10-13(18)5-6-17(15)22(23)24/h2-10H,11H2. The topological polar surface area (TPSA) is 65.3 Å². The van der Waals surface area contributed by atoms with E-state index in [0.29, 0.717) is 23.5 Å². The Kier molecular flexibility index (Phi) is 4.40. The van der Waals surface area contributed by atoms with Gasteiger partial charge in [0, 0.05) is 16.7 Å². The van der Waals surface area contributed by atoms with E-state index in [0.717, 1.165) is 10.0 Å². The molecule has 7 heteroatoms. The lowest BCUT2D eigenvalue weighted by molar-refractivity contribution is -0.384. The minimum Gasteiger partial charge on any atom is -0.268 e. The van der Waals surface area contributed by atoms with Gasteiger partial charge >= 0.3 is 0 Å². The summed E-state index contributed by atoms with van der Waals surface area (Å²) < 4.78 is 2.45. The Hall–Kier alpha value is -2.98. The van der Waals surface area contributed by atoms with Gasteiger partial charge in [-0.15, -0.1) is 0 Å².